The fraction of sp³-hybridized carbons (Fsp3) is 0.200. The van der Waals surface area contributed by atoms with Crippen LogP contribution in [0.15, 0.2) is 22.3 Å². The van der Waals surface area contributed by atoms with Crippen LogP contribution in [0.3, 0.4) is 0 Å². The van der Waals surface area contributed by atoms with Gasteiger partial charge in [0.1, 0.15) is 10.4 Å². The van der Waals surface area contributed by atoms with Gasteiger partial charge in [-0.25, -0.2) is 13.6 Å². The van der Waals surface area contributed by atoms with Crippen LogP contribution in [0.2, 0.25) is 0 Å². The number of aryl methyl sites for hydroxylation is 1. The Bertz CT molecular complexity index is 974. The molecule has 0 spiro atoms. The molecule has 0 unspecified atom stereocenters. The van der Waals surface area contributed by atoms with Gasteiger partial charge >= 0.3 is 5.97 Å². The highest BCUT2D eigenvalue weighted by atomic mass is 32.1. The molecule has 0 radical (unpaired) electrons. The largest absolute Gasteiger partial charge is 0.462 e. The minimum atomic E-state index is -1.13. The molecule has 4 nitrogen and oxygen atoms in total. The first-order valence-electron chi connectivity index (χ1n) is 6.54. The number of benzene rings is 1. The molecule has 0 aliphatic rings. The second-order valence-electron chi connectivity index (χ2n) is 4.73. The van der Waals surface area contributed by atoms with Crippen molar-refractivity contribution in [1.29, 1.82) is 0 Å². The van der Waals surface area contributed by atoms with Gasteiger partial charge in [-0.2, -0.15) is 0 Å². The number of nitrogens with zero attached hydrogens (tertiary/aromatic N) is 1. The van der Waals surface area contributed by atoms with Gasteiger partial charge in [0.25, 0.3) is 0 Å². The lowest BCUT2D eigenvalue weighted by atomic mass is 10.1. The number of ether oxygens (including phenoxy) is 1. The van der Waals surface area contributed by atoms with E-state index in [1.54, 1.807) is 23.6 Å². The van der Waals surface area contributed by atoms with Crippen LogP contribution in [0.4, 0.5) is 8.78 Å². The minimum Gasteiger partial charge on any atom is -0.462 e. The molecular weight excluding hydrogens is 312 g/mol. The molecule has 114 valence electrons. The molecule has 0 bridgehead atoms. The topological polar surface area (TPSA) is 47.8 Å². The summed E-state index contributed by atoms with van der Waals surface area (Å²) < 4.78 is 33.5. The molecule has 0 aliphatic carbocycles. The number of esters is 1. The Morgan fingerprint density at radius 3 is 2.68 bits per heavy atom. The van der Waals surface area contributed by atoms with E-state index in [-0.39, 0.29) is 23.1 Å². The van der Waals surface area contributed by atoms with Gasteiger partial charge in [-0.1, -0.05) is 0 Å². The predicted octanol–water partition coefficient (Wildman–Crippen LogP) is 3.28. The molecule has 0 aliphatic heterocycles. The van der Waals surface area contributed by atoms with Gasteiger partial charge in [-0.15, -0.1) is 11.3 Å². The smallest absolute Gasteiger partial charge is 0.345 e. The molecule has 0 fully saturated rings. The summed E-state index contributed by atoms with van der Waals surface area (Å²) in [6, 6.07) is 1.78. The quantitative estimate of drug-likeness (QED) is 0.680. The number of fused-ring (bicyclic) bond motifs is 3. The summed E-state index contributed by atoms with van der Waals surface area (Å²) in [7, 11) is 0. The molecule has 0 saturated carbocycles. The molecule has 0 atom stereocenters. The van der Waals surface area contributed by atoms with Gasteiger partial charge in [0.05, 0.1) is 17.5 Å². The number of pyridine rings is 1. The van der Waals surface area contributed by atoms with Gasteiger partial charge in [-0.3, -0.25) is 4.79 Å². The van der Waals surface area contributed by atoms with Crippen molar-refractivity contribution in [1.82, 2.24) is 4.40 Å². The number of hydrogen-bond acceptors (Lipinski definition) is 4. The van der Waals surface area contributed by atoms with E-state index in [9.17, 15) is 18.4 Å². The molecule has 22 heavy (non-hydrogen) atoms. The second-order valence-corrected chi connectivity index (χ2v) is 5.58. The Labute approximate surface area is 127 Å². The first-order chi connectivity index (χ1) is 10.5. The van der Waals surface area contributed by atoms with Crippen molar-refractivity contribution >= 4 is 33.0 Å². The van der Waals surface area contributed by atoms with E-state index in [1.807, 2.05) is 0 Å². The summed E-state index contributed by atoms with van der Waals surface area (Å²) in [5.74, 6) is -2.94. The van der Waals surface area contributed by atoms with Crippen LogP contribution in [0.1, 0.15) is 23.0 Å². The Morgan fingerprint density at radius 2 is 2.00 bits per heavy atom. The zero-order valence-corrected chi connectivity index (χ0v) is 12.6. The molecule has 1 aromatic carbocycles. The lowest BCUT2D eigenvalue weighted by molar-refractivity contribution is 0.0527. The molecule has 3 aromatic rings. The first-order valence-corrected chi connectivity index (χ1v) is 7.42. The third-order valence-corrected chi connectivity index (χ3v) is 4.41. The van der Waals surface area contributed by atoms with Gasteiger partial charge in [0, 0.05) is 17.1 Å². The standard InChI is InChI=1S/C15H11F2NO3S/c1-3-21-15(20)12-13(19)8-4-9(16)10(17)5-11(8)18-7(2)6-22-14(12)18/h4-6H,3H2,1-2H3. The SMILES string of the molecule is CCOC(=O)c1c(=O)c2cc(F)c(F)cc2n2c(C)csc12. The molecule has 7 heteroatoms. The van der Waals surface area contributed by atoms with E-state index in [0.29, 0.717) is 10.5 Å². The van der Waals surface area contributed by atoms with Crippen LogP contribution in [0, 0.1) is 18.6 Å². The summed E-state index contributed by atoms with van der Waals surface area (Å²) in [4.78, 5) is 25.0. The fourth-order valence-electron chi connectivity index (χ4n) is 2.40. The Kier molecular flexibility index (Phi) is 3.44. The molecular formula is C15H11F2NO3S. The molecule has 2 heterocycles. The first kappa shape index (κ1) is 14.6. The van der Waals surface area contributed by atoms with Crippen molar-refractivity contribution in [3.63, 3.8) is 0 Å². The van der Waals surface area contributed by atoms with Crippen LogP contribution in [-0.4, -0.2) is 17.0 Å². The van der Waals surface area contributed by atoms with E-state index in [1.165, 1.54) is 11.3 Å². The van der Waals surface area contributed by atoms with Crippen molar-refractivity contribution in [3.05, 3.63) is 50.6 Å². The monoisotopic (exact) mass is 323 g/mol. The zero-order chi connectivity index (χ0) is 16.0. The fourth-order valence-corrected chi connectivity index (χ4v) is 3.42. The Morgan fingerprint density at radius 1 is 1.32 bits per heavy atom. The van der Waals surface area contributed by atoms with Crippen molar-refractivity contribution < 1.29 is 18.3 Å². The number of thiazole rings is 1. The van der Waals surface area contributed by atoms with Gasteiger partial charge in [0.15, 0.2) is 11.6 Å². The van der Waals surface area contributed by atoms with E-state index >= 15 is 0 Å². The third-order valence-electron chi connectivity index (χ3n) is 3.34. The molecule has 3 rings (SSSR count). The van der Waals surface area contributed by atoms with E-state index < -0.39 is 23.0 Å². The zero-order valence-electron chi connectivity index (χ0n) is 11.8. The van der Waals surface area contributed by atoms with Crippen molar-refractivity contribution in [2.24, 2.45) is 0 Å². The van der Waals surface area contributed by atoms with Crippen LogP contribution in [0.25, 0.3) is 15.7 Å². The van der Waals surface area contributed by atoms with Crippen LogP contribution < -0.4 is 5.43 Å². The molecule has 0 amide bonds. The lowest BCUT2D eigenvalue weighted by Crippen LogP contribution is -2.20. The summed E-state index contributed by atoms with van der Waals surface area (Å²) >= 11 is 1.18. The maximum atomic E-state index is 13.5. The number of carbonyl (C=O) groups is 1. The molecule has 0 N–H and O–H groups in total. The van der Waals surface area contributed by atoms with Crippen molar-refractivity contribution in [2.75, 3.05) is 6.61 Å². The minimum absolute atomic E-state index is 0.0547. The lowest BCUT2D eigenvalue weighted by Gasteiger charge is -2.09. The number of halogens is 2. The van der Waals surface area contributed by atoms with Crippen molar-refractivity contribution in [2.45, 2.75) is 13.8 Å². The molecule has 2 aromatic heterocycles. The highest BCUT2D eigenvalue weighted by Gasteiger charge is 2.22. The van der Waals surface area contributed by atoms with Gasteiger partial charge < -0.3 is 9.14 Å². The normalized spacial score (nSPS) is 11.3. The maximum Gasteiger partial charge on any atom is 0.345 e. The predicted molar refractivity (Wildman–Crippen MR) is 79.7 cm³/mol. The average molecular weight is 323 g/mol. The van der Waals surface area contributed by atoms with E-state index in [2.05, 4.69) is 0 Å². The number of carbonyl (C=O) groups excluding carboxylic acids is 1. The van der Waals surface area contributed by atoms with Gasteiger partial charge in [-0.05, 0) is 19.9 Å². The Hall–Kier alpha value is -2.28. The summed E-state index contributed by atoms with van der Waals surface area (Å²) in [5, 5.41) is 1.68. The van der Waals surface area contributed by atoms with E-state index in [4.69, 9.17) is 4.74 Å². The highest BCUT2D eigenvalue weighted by molar-refractivity contribution is 7.16. The Balaban J connectivity index is 2.55. The summed E-state index contributed by atoms with van der Waals surface area (Å²) in [6.45, 7) is 3.50. The number of hydrogen-bond donors (Lipinski definition) is 0. The molecule has 0 saturated heterocycles. The van der Waals surface area contributed by atoms with E-state index in [0.717, 1.165) is 12.1 Å². The van der Waals surface area contributed by atoms with Crippen LogP contribution in [-0.2, 0) is 4.74 Å². The van der Waals surface area contributed by atoms with Crippen LogP contribution in [0.5, 0.6) is 0 Å². The summed E-state index contributed by atoms with van der Waals surface area (Å²) in [6.07, 6.45) is 0. The van der Waals surface area contributed by atoms with Gasteiger partial charge in [0.2, 0.25) is 5.43 Å². The van der Waals surface area contributed by atoms with Crippen molar-refractivity contribution in [3.8, 4) is 0 Å². The third kappa shape index (κ3) is 2.00. The average Bonchev–Trinajstić information content (AvgIpc) is 2.83. The number of rotatable bonds is 2. The highest BCUT2D eigenvalue weighted by Crippen LogP contribution is 2.26. The number of aromatic nitrogens is 1. The second kappa shape index (κ2) is 5.17. The van der Waals surface area contributed by atoms with Crippen LogP contribution >= 0.6 is 11.3 Å². The summed E-state index contributed by atoms with van der Waals surface area (Å²) in [5.41, 5.74) is 0.125. The maximum absolute atomic E-state index is 13.5.